The molecule has 1 rings (SSSR count). The molecule has 0 unspecified atom stereocenters. The largest absolute Gasteiger partial charge is 0.480 e. The second kappa shape index (κ2) is 5.31. The van der Waals surface area contributed by atoms with Gasteiger partial charge in [0.1, 0.15) is 5.76 Å². The van der Waals surface area contributed by atoms with Crippen LogP contribution in [0.4, 0.5) is 0 Å². The third-order valence-corrected chi connectivity index (χ3v) is 1.81. The number of nitrogens with zero attached hydrogens (tertiary/aromatic N) is 2. The molecule has 0 radical (unpaired) electrons. The van der Waals surface area contributed by atoms with Crippen molar-refractivity contribution >= 4 is 5.97 Å². The molecule has 0 saturated carbocycles. The zero-order chi connectivity index (χ0) is 11.3. The van der Waals surface area contributed by atoms with Gasteiger partial charge in [-0.25, -0.2) is 0 Å². The molecule has 1 N–H and O–H groups in total. The average molecular weight is 210 g/mol. The molecule has 0 aromatic carbocycles. The van der Waals surface area contributed by atoms with Crippen molar-refractivity contribution in [3.63, 3.8) is 0 Å². The number of hydrogen-bond donors (Lipinski definition) is 1. The molecule has 0 aliphatic rings. The Balaban J connectivity index is 2.57. The number of carboxylic acid groups (broad SMARTS) is 1. The Hall–Kier alpha value is -1.62. The summed E-state index contributed by atoms with van der Waals surface area (Å²) >= 11 is 0. The average Bonchev–Trinajstić information content (AvgIpc) is 2.50. The van der Waals surface area contributed by atoms with E-state index < -0.39 is 5.97 Å². The van der Waals surface area contributed by atoms with Crippen molar-refractivity contribution in [3.8, 4) is 0 Å². The third kappa shape index (κ3) is 3.95. The maximum Gasteiger partial charge on any atom is 0.317 e. The van der Waals surface area contributed by atoms with Crippen molar-refractivity contribution < 1.29 is 14.4 Å². The van der Waals surface area contributed by atoms with Gasteiger partial charge in [-0.3, -0.25) is 9.69 Å². The van der Waals surface area contributed by atoms with Crippen LogP contribution in [0.1, 0.15) is 11.5 Å². The summed E-state index contributed by atoms with van der Waals surface area (Å²) in [5.41, 5.74) is 0.732. The predicted octanol–water partition coefficient (Wildman–Crippen LogP) is 1.06. The van der Waals surface area contributed by atoms with E-state index in [4.69, 9.17) is 9.63 Å². The molecular formula is C10H14N2O3. The van der Waals surface area contributed by atoms with Crippen molar-refractivity contribution in [2.45, 2.75) is 13.5 Å². The van der Waals surface area contributed by atoms with Crippen LogP contribution in [0.3, 0.4) is 0 Å². The summed E-state index contributed by atoms with van der Waals surface area (Å²) < 4.78 is 4.90. The van der Waals surface area contributed by atoms with Gasteiger partial charge in [0.25, 0.3) is 0 Å². The lowest BCUT2D eigenvalue weighted by Gasteiger charge is -2.15. The molecule has 0 aliphatic carbocycles. The molecule has 5 nitrogen and oxygen atoms in total. The molecule has 0 atom stereocenters. The van der Waals surface area contributed by atoms with Crippen LogP contribution in [-0.2, 0) is 11.3 Å². The number of carbonyl (C=O) groups is 1. The Morgan fingerprint density at radius 3 is 3.00 bits per heavy atom. The van der Waals surface area contributed by atoms with Gasteiger partial charge >= 0.3 is 5.97 Å². The number of carboxylic acids is 1. The molecule has 0 amide bonds. The molecule has 15 heavy (non-hydrogen) atoms. The lowest BCUT2D eigenvalue weighted by Crippen LogP contribution is -2.29. The Kier molecular flexibility index (Phi) is 4.05. The van der Waals surface area contributed by atoms with E-state index in [9.17, 15) is 4.79 Å². The van der Waals surface area contributed by atoms with Crippen LogP contribution in [0.2, 0.25) is 0 Å². The van der Waals surface area contributed by atoms with E-state index in [1.54, 1.807) is 24.0 Å². The molecule has 0 aliphatic heterocycles. The minimum Gasteiger partial charge on any atom is -0.480 e. The van der Waals surface area contributed by atoms with Crippen LogP contribution in [0.5, 0.6) is 0 Å². The smallest absolute Gasteiger partial charge is 0.317 e. The van der Waals surface area contributed by atoms with E-state index in [0.29, 0.717) is 13.1 Å². The first-order valence-electron chi connectivity index (χ1n) is 4.59. The molecular weight excluding hydrogens is 196 g/mol. The highest BCUT2D eigenvalue weighted by molar-refractivity contribution is 5.69. The molecule has 0 bridgehead atoms. The van der Waals surface area contributed by atoms with Crippen LogP contribution >= 0.6 is 0 Å². The van der Waals surface area contributed by atoms with Gasteiger partial charge < -0.3 is 9.63 Å². The summed E-state index contributed by atoms with van der Waals surface area (Å²) in [5, 5.41) is 12.5. The van der Waals surface area contributed by atoms with E-state index in [-0.39, 0.29) is 6.54 Å². The molecule has 1 aromatic heterocycles. The first-order valence-corrected chi connectivity index (χ1v) is 4.59. The number of rotatable bonds is 6. The minimum absolute atomic E-state index is 0.0298. The Labute approximate surface area is 88.0 Å². The number of hydrogen-bond acceptors (Lipinski definition) is 4. The maximum absolute atomic E-state index is 10.6. The van der Waals surface area contributed by atoms with Crippen LogP contribution in [0.15, 0.2) is 23.2 Å². The van der Waals surface area contributed by atoms with Crippen molar-refractivity contribution in [2.24, 2.45) is 0 Å². The summed E-state index contributed by atoms with van der Waals surface area (Å²) in [6.07, 6.45) is 1.66. The topological polar surface area (TPSA) is 66.6 Å². The fraction of sp³-hybridized carbons (Fsp3) is 0.400. The van der Waals surface area contributed by atoms with E-state index in [1.807, 2.05) is 0 Å². The second-order valence-corrected chi connectivity index (χ2v) is 3.28. The second-order valence-electron chi connectivity index (χ2n) is 3.28. The highest BCUT2D eigenvalue weighted by atomic mass is 16.5. The monoisotopic (exact) mass is 210 g/mol. The van der Waals surface area contributed by atoms with Crippen LogP contribution in [-0.4, -0.2) is 34.2 Å². The lowest BCUT2D eigenvalue weighted by molar-refractivity contribution is -0.138. The van der Waals surface area contributed by atoms with Crippen molar-refractivity contribution in [2.75, 3.05) is 13.1 Å². The maximum atomic E-state index is 10.6. The summed E-state index contributed by atoms with van der Waals surface area (Å²) in [7, 11) is 0. The van der Waals surface area contributed by atoms with Gasteiger partial charge in [0.05, 0.1) is 12.2 Å². The normalized spacial score (nSPS) is 10.5. The molecule has 0 fully saturated rings. The van der Waals surface area contributed by atoms with E-state index >= 15 is 0 Å². The Morgan fingerprint density at radius 1 is 1.80 bits per heavy atom. The van der Waals surface area contributed by atoms with Crippen molar-refractivity contribution in [1.29, 1.82) is 0 Å². The molecule has 0 spiro atoms. The zero-order valence-corrected chi connectivity index (χ0v) is 8.64. The fourth-order valence-electron chi connectivity index (χ4n) is 1.28. The molecule has 82 valence electrons. The van der Waals surface area contributed by atoms with Gasteiger partial charge in [-0.05, 0) is 6.92 Å². The first kappa shape index (κ1) is 11.5. The first-order chi connectivity index (χ1) is 7.11. The van der Waals surface area contributed by atoms with Crippen LogP contribution in [0, 0.1) is 6.92 Å². The highest BCUT2D eigenvalue weighted by Crippen LogP contribution is 2.05. The summed E-state index contributed by atoms with van der Waals surface area (Å²) in [5.74, 6) is -0.143. The van der Waals surface area contributed by atoms with Gasteiger partial charge in [-0.2, -0.15) is 0 Å². The SMILES string of the molecule is C=CCN(CC(=O)O)Cc1cc(C)on1. The highest BCUT2D eigenvalue weighted by Gasteiger charge is 2.10. The van der Waals surface area contributed by atoms with Gasteiger partial charge in [0.2, 0.25) is 0 Å². The third-order valence-electron chi connectivity index (χ3n) is 1.81. The van der Waals surface area contributed by atoms with Gasteiger partial charge in [-0.15, -0.1) is 6.58 Å². The van der Waals surface area contributed by atoms with E-state index in [2.05, 4.69) is 11.7 Å². The molecule has 5 heteroatoms. The van der Waals surface area contributed by atoms with Gasteiger partial charge in [-0.1, -0.05) is 11.2 Å². The summed E-state index contributed by atoms with van der Waals surface area (Å²) in [6.45, 7) is 6.31. The number of aryl methyl sites for hydroxylation is 1. The van der Waals surface area contributed by atoms with Gasteiger partial charge in [0.15, 0.2) is 0 Å². The van der Waals surface area contributed by atoms with Crippen molar-refractivity contribution in [1.82, 2.24) is 10.1 Å². The standard InChI is InChI=1S/C10H14N2O3/c1-3-4-12(7-10(13)14)6-9-5-8(2)15-11-9/h3,5H,1,4,6-7H2,2H3,(H,13,14). The van der Waals surface area contributed by atoms with Crippen molar-refractivity contribution in [3.05, 3.63) is 30.2 Å². The minimum atomic E-state index is -0.864. The number of aliphatic carboxylic acids is 1. The Bertz CT molecular complexity index is 346. The van der Waals surface area contributed by atoms with Gasteiger partial charge in [0, 0.05) is 19.2 Å². The van der Waals surface area contributed by atoms with Crippen LogP contribution in [0.25, 0.3) is 0 Å². The quantitative estimate of drug-likeness (QED) is 0.711. The van der Waals surface area contributed by atoms with E-state index in [1.165, 1.54) is 0 Å². The molecule has 1 heterocycles. The predicted molar refractivity (Wildman–Crippen MR) is 54.3 cm³/mol. The molecule has 0 saturated heterocycles. The van der Waals surface area contributed by atoms with E-state index in [0.717, 1.165) is 11.5 Å². The molecule has 1 aromatic rings. The lowest BCUT2D eigenvalue weighted by atomic mass is 10.3. The Morgan fingerprint density at radius 2 is 2.53 bits per heavy atom. The zero-order valence-electron chi connectivity index (χ0n) is 8.64. The fourth-order valence-corrected chi connectivity index (χ4v) is 1.28. The summed E-state index contributed by atoms with van der Waals surface area (Å²) in [4.78, 5) is 12.3. The van der Waals surface area contributed by atoms with Crippen LogP contribution < -0.4 is 0 Å². The number of aromatic nitrogens is 1. The summed E-state index contributed by atoms with van der Waals surface area (Å²) in [6, 6.07) is 1.79.